The third kappa shape index (κ3) is 12.2. The summed E-state index contributed by atoms with van der Waals surface area (Å²) >= 11 is 3.90. The molecule has 3 unspecified atom stereocenters. The number of hydrogen-bond acceptors (Lipinski definition) is 5. The van der Waals surface area contributed by atoms with Crippen molar-refractivity contribution >= 4 is 29.5 Å². The molecule has 0 aromatic carbocycles. The van der Waals surface area contributed by atoms with Gasteiger partial charge in [-0.25, -0.2) is 4.79 Å². The van der Waals surface area contributed by atoms with Gasteiger partial charge in [-0.2, -0.15) is 23.5 Å². The quantitative estimate of drug-likeness (QED) is 0.226. The predicted molar refractivity (Wildman–Crippen MR) is 114 cm³/mol. The van der Waals surface area contributed by atoms with Crippen molar-refractivity contribution in [2.75, 3.05) is 26.7 Å². The molecule has 0 N–H and O–H groups in total. The molecule has 3 atom stereocenters. The lowest BCUT2D eigenvalue weighted by Crippen LogP contribution is -2.28. The molecule has 5 heteroatoms. The summed E-state index contributed by atoms with van der Waals surface area (Å²) in [5.41, 5.74) is 0. The smallest absolute Gasteiger partial charge is 0.334 e. The average molecular weight is 393 g/mol. The maximum absolute atomic E-state index is 11.7. The standard InChI is InChI=1S/C20H40O3S2/c1-6-7-8-9-10-11-12-13-14-18(24-4)19(25-5)16-15-17(22-2)20(21)23-3/h17-19H,6-16H2,1-5H3. The van der Waals surface area contributed by atoms with E-state index in [-0.39, 0.29) is 5.97 Å². The van der Waals surface area contributed by atoms with Crippen molar-refractivity contribution in [3.8, 4) is 0 Å². The molecule has 150 valence electrons. The van der Waals surface area contributed by atoms with Crippen LogP contribution in [-0.4, -0.2) is 49.3 Å². The van der Waals surface area contributed by atoms with Crippen molar-refractivity contribution in [1.82, 2.24) is 0 Å². The first-order chi connectivity index (χ1) is 12.1. The molecule has 0 aromatic rings. The molecule has 0 amide bonds. The molecule has 0 radical (unpaired) electrons. The first kappa shape index (κ1) is 25.1. The van der Waals surface area contributed by atoms with Crippen LogP contribution in [0.2, 0.25) is 0 Å². The Balaban J connectivity index is 4.06. The SMILES string of the molecule is CCCCCCCCCCC(SC)C(CCC(OC)C(=O)OC)SC. The van der Waals surface area contributed by atoms with Gasteiger partial charge in [-0.15, -0.1) is 0 Å². The maximum atomic E-state index is 11.7. The number of thioether (sulfide) groups is 2. The summed E-state index contributed by atoms with van der Waals surface area (Å²) < 4.78 is 10.1. The van der Waals surface area contributed by atoms with Gasteiger partial charge in [0.2, 0.25) is 0 Å². The van der Waals surface area contributed by atoms with Crippen molar-refractivity contribution in [1.29, 1.82) is 0 Å². The third-order valence-corrected chi connectivity index (χ3v) is 7.34. The Morgan fingerprint density at radius 1 is 0.800 bits per heavy atom. The predicted octanol–water partition coefficient (Wildman–Crippen LogP) is 5.95. The Morgan fingerprint density at radius 3 is 1.80 bits per heavy atom. The second kappa shape index (κ2) is 17.5. The minimum Gasteiger partial charge on any atom is -0.467 e. The fourth-order valence-electron chi connectivity index (χ4n) is 3.17. The van der Waals surface area contributed by atoms with Gasteiger partial charge in [-0.05, 0) is 31.8 Å². The second-order valence-corrected chi connectivity index (χ2v) is 8.79. The zero-order chi connectivity index (χ0) is 18.9. The van der Waals surface area contributed by atoms with Crippen LogP contribution in [0.3, 0.4) is 0 Å². The number of ether oxygens (including phenoxy) is 2. The van der Waals surface area contributed by atoms with Crippen molar-refractivity contribution in [2.45, 2.75) is 94.2 Å². The van der Waals surface area contributed by atoms with E-state index >= 15 is 0 Å². The monoisotopic (exact) mass is 392 g/mol. The highest BCUT2D eigenvalue weighted by Crippen LogP contribution is 2.30. The fourth-order valence-corrected chi connectivity index (χ4v) is 5.49. The Labute approximate surface area is 164 Å². The Hall–Kier alpha value is 0.130. The number of carbonyl (C=O) groups is 1. The molecular formula is C20H40O3S2. The van der Waals surface area contributed by atoms with Crippen molar-refractivity contribution < 1.29 is 14.3 Å². The van der Waals surface area contributed by atoms with Crippen molar-refractivity contribution in [2.24, 2.45) is 0 Å². The van der Waals surface area contributed by atoms with Crippen LogP contribution in [0.25, 0.3) is 0 Å². The molecule has 0 rings (SSSR count). The number of rotatable bonds is 17. The lowest BCUT2D eigenvalue weighted by atomic mass is 10.0. The average Bonchev–Trinajstić information content (AvgIpc) is 2.64. The van der Waals surface area contributed by atoms with Crippen molar-refractivity contribution in [3.63, 3.8) is 0 Å². The number of esters is 1. The van der Waals surface area contributed by atoms with Crippen molar-refractivity contribution in [3.05, 3.63) is 0 Å². The van der Waals surface area contributed by atoms with Crippen LogP contribution < -0.4 is 0 Å². The highest BCUT2D eigenvalue weighted by Gasteiger charge is 2.24. The summed E-state index contributed by atoms with van der Waals surface area (Å²) in [5.74, 6) is -0.258. The summed E-state index contributed by atoms with van der Waals surface area (Å²) in [7, 11) is 3.01. The van der Waals surface area contributed by atoms with Gasteiger partial charge in [0, 0.05) is 17.6 Å². The Kier molecular flexibility index (Phi) is 17.6. The molecule has 0 spiro atoms. The van der Waals surface area contributed by atoms with Gasteiger partial charge in [0.1, 0.15) is 0 Å². The zero-order valence-electron chi connectivity index (χ0n) is 17.1. The van der Waals surface area contributed by atoms with Gasteiger partial charge in [0.15, 0.2) is 6.10 Å². The molecule has 0 saturated heterocycles. The largest absolute Gasteiger partial charge is 0.467 e. The van der Waals surface area contributed by atoms with E-state index in [1.807, 2.05) is 23.5 Å². The lowest BCUT2D eigenvalue weighted by Gasteiger charge is -2.25. The Morgan fingerprint density at radius 2 is 1.32 bits per heavy atom. The van der Waals surface area contributed by atoms with E-state index < -0.39 is 6.10 Å². The molecule has 0 saturated carbocycles. The molecule has 25 heavy (non-hydrogen) atoms. The highest BCUT2D eigenvalue weighted by molar-refractivity contribution is 8.03. The summed E-state index contributed by atoms with van der Waals surface area (Å²) in [4.78, 5) is 11.7. The van der Waals surface area contributed by atoms with E-state index in [0.717, 1.165) is 12.8 Å². The van der Waals surface area contributed by atoms with Crippen LogP contribution >= 0.6 is 23.5 Å². The molecule has 0 aliphatic rings. The summed E-state index contributed by atoms with van der Waals surface area (Å²) in [6.45, 7) is 2.27. The van der Waals surface area contributed by atoms with E-state index in [4.69, 9.17) is 9.47 Å². The van der Waals surface area contributed by atoms with E-state index in [1.165, 1.54) is 64.9 Å². The van der Waals surface area contributed by atoms with Gasteiger partial charge in [0.05, 0.1) is 7.11 Å². The first-order valence-corrected chi connectivity index (χ1v) is 12.4. The van der Waals surface area contributed by atoms with E-state index in [1.54, 1.807) is 7.11 Å². The number of hydrogen-bond donors (Lipinski definition) is 0. The number of methoxy groups -OCH3 is 2. The first-order valence-electron chi connectivity index (χ1n) is 9.80. The van der Waals surface area contributed by atoms with Crippen LogP contribution in [0, 0.1) is 0 Å². The topological polar surface area (TPSA) is 35.5 Å². The minimum atomic E-state index is -0.426. The van der Waals surface area contributed by atoms with Gasteiger partial charge in [-0.1, -0.05) is 58.3 Å². The molecule has 0 aromatic heterocycles. The molecule has 3 nitrogen and oxygen atoms in total. The zero-order valence-corrected chi connectivity index (χ0v) is 18.7. The molecule has 0 fully saturated rings. The molecule has 0 aliphatic carbocycles. The van der Waals surface area contributed by atoms with Gasteiger partial charge < -0.3 is 9.47 Å². The normalized spacial score (nSPS) is 14.9. The summed E-state index contributed by atoms with van der Waals surface area (Å²) in [6, 6.07) is 0. The van der Waals surface area contributed by atoms with Crippen LogP contribution in [0.1, 0.15) is 77.6 Å². The minimum absolute atomic E-state index is 0.258. The fraction of sp³-hybridized carbons (Fsp3) is 0.950. The van der Waals surface area contributed by atoms with Gasteiger partial charge in [0.25, 0.3) is 0 Å². The Bertz CT molecular complexity index is 313. The van der Waals surface area contributed by atoms with Gasteiger partial charge in [-0.3, -0.25) is 0 Å². The molecule has 0 aliphatic heterocycles. The number of carbonyl (C=O) groups excluding carboxylic acids is 1. The summed E-state index contributed by atoms with van der Waals surface area (Å²) in [6.07, 6.45) is 17.9. The van der Waals surface area contributed by atoms with Crippen LogP contribution in [0.5, 0.6) is 0 Å². The van der Waals surface area contributed by atoms with E-state index in [2.05, 4.69) is 19.4 Å². The molecule has 0 bridgehead atoms. The highest BCUT2D eigenvalue weighted by atomic mass is 32.2. The van der Waals surface area contributed by atoms with Crippen LogP contribution in [0.15, 0.2) is 0 Å². The summed E-state index contributed by atoms with van der Waals surface area (Å²) in [5, 5.41) is 1.23. The van der Waals surface area contributed by atoms with Crippen LogP contribution in [0.4, 0.5) is 0 Å². The molecular weight excluding hydrogens is 352 g/mol. The van der Waals surface area contributed by atoms with E-state index in [0.29, 0.717) is 10.5 Å². The van der Waals surface area contributed by atoms with Crippen LogP contribution in [-0.2, 0) is 14.3 Å². The van der Waals surface area contributed by atoms with Gasteiger partial charge >= 0.3 is 5.97 Å². The lowest BCUT2D eigenvalue weighted by molar-refractivity contribution is -0.152. The number of unbranched alkanes of at least 4 members (excludes halogenated alkanes) is 7. The molecule has 0 heterocycles. The second-order valence-electron chi connectivity index (χ2n) is 6.64. The third-order valence-electron chi connectivity index (χ3n) is 4.82. The maximum Gasteiger partial charge on any atom is 0.334 e. The van der Waals surface area contributed by atoms with E-state index in [9.17, 15) is 4.79 Å².